The molecule has 1 aromatic rings. The van der Waals surface area contributed by atoms with E-state index in [1.807, 2.05) is 11.9 Å². The smallest absolute Gasteiger partial charge is 0.250 e. The van der Waals surface area contributed by atoms with Gasteiger partial charge in [0.15, 0.2) is 0 Å². The summed E-state index contributed by atoms with van der Waals surface area (Å²) in [4.78, 5) is 14.2. The van der Waals surface area contributed by atoms with Gasteiger partial charge in [-0.25, -0.2) is 0 Å². The lowest BCUT2D eigenvalue weighted by atomic mass is 10.0. The zero-order valence-corrected chi connectivity index (χ0v) is 13.0. The average Bonchev–Trinajstić information content (AvgIpc) is 2.47. The number of nitrogens with zero attached hydrogens (tertiary/aromatic N) is 1. The van der Waals surface area contributed by atoms with Crippen LogP contribution in [0.1, 0.15) is 18.6 Å². The van der Waals surface area contributed by atoms with Crippen LogP contribution in [0.5, 0.6) is 0 Å². The Morgan fingerprint density at radius 1 is 1.48 bits per heavy atom. The van der Waals surface area contributed by atoms with E-state index < -0.39 is 18.2 Å². The van der Waals surface area contributed by atoms with Crippen molar-refractivity contribution in [3.63, 3.8) is 0 Å². The van der Waals surface area contributed by atoms with Gasteiger partial charge in [-0.3, -0.25) is 4.79 Å². The summed E-state index contributed by atoms with van der Waals surface area (Å²) in [5, 5.41) is 13.7. The first-order chi connectivity index (χ1) is 9.97. The molecule has 116 valence electrons. The summed E-state index contributed by atoms with van der Waals surface area (Å²) in [6.45, 7) is 3.70. The molecule has 1 aliphatic rings. The Morgan fingerprint density at radius 2 is 2.14 bits per heavy atom. The highest BCUT2D eigenvalue weighted by Crippen LogP contribution is 2.19. The number of halogens is 1. The number of benzene rings is 1. The van der Waals surface area contributed by atoms with Crippen LogP contribution in [0.3, 0.4) is 0 Å². The second-order valence-electron chi connectivity index (χ2n) is 5.42. The summed E-state index contributed by atoms with van der Waals surface area (Å²) in [6.07, 6.45) is -1.27. The van der Waals surface area contributed by atoms with Crippen molar-refractivity contribution < 1.29 is 14.6 Å². The minimum absolute atomic E-state index is 0.193. The number of rotatable bonds is 4. The molecule has 0 aliphatic carbocycles. The van der Waals surface area contributed by atoms with Gasteiger partial charge >= 0.3 is 0 Å². The third-order valence-electron chi connectivity index (χ3n) is 3.62. The van der Waals surface area contributed by atoms with Crippen LogP contribution < -0.4 is 5.32 Å². The van der Waals surface area contributed by atoms with Gasteiger partial charge in [0.05, 0.1) is 18.8 Å². The van der Waals surface area contributed by atoms with Gasteiger partial charge in [0.1, 0.15) is 6.10 Å². The van der Waals surface area contributed by atoms with Gasteiger partial charge in [0, 0.05) is 18.1 Å². The van der Waals surface area contributed by atoms with Gasteiger partial charge in [-0.2, -0.15) is 0 Å². The van der Waals surface area contributed by atoms with Crippen LogP contribution in [0.2, 0.25) is 5.02 Å². The van der Waals surface area contributed by atoms with Crippen LogP contribution in [0.4, 0.5) is 0 Å². The molecular weight excluding hydrogens is 292 g/mol. The predicted octanol–water partition coefficient (Wildman–Crippen LogP) is 1.21. The summed E-state index contributed by atoms with van der Waals surface area (Å²) >= 11 is 5.82. The van der Waals surface area contributed by atoms with Crippen molar-refractivity contribution in [2.24, 2.45) is 0 Å². The van der Waals surface area contributed by atoms with Crippen molar-refractivity contribution in [3.05, 3.63) is 34.9 Å². The number of aliphatic hydroxyl groups is 1. The summed E-state index contributed by atoms with van der Waals surface area (Å²) < 4.78 is 5.46. The van der Waals surface area contributed by atoms with Crippen LogP contribution in [-0.2, 0) is 9.53 Å². The van der Waals surface area contributed by atoms with Crippen LogP contribution in [0.15, 0.2) is 24.3 Å². The zero-order valence-electron chi connectivity index (χ0n) is 12.3. The number of nitrogens with one attached hydrogen (secondary N) is 1. The molecule has 3 atom stereocenters. The van der Waals surface area contributed by atoms with Crippen molar-refractivity contribution in [3.8, 4) is 0 Å². The molecule has 1 heterocycles. The molecule has 6 heteroatoms. The Bertz CT molecular complexity index is 480. The Labute approximate surface area is 129 Å². The monoisotopic (exact) mass is 312 g/mol. The van der Waals surface area contributed by atoms with Crippen LogP contribution >= 0.6 is 11.6 Å². The first kappa shape index (κ1) is 16.2. The molecule has 1 amide bonds. The van der Waals surface area contributed by atoms with Gasteiger partial charge in [0.25, 0.3) is 5.91 Å². The SMILES string of the molecule is CC(NC(=O)C1CN(C)CCO1)C(O)c1ccc(Cl)cc1. The summed E-state index contributed by atoms with van der Waals surface area (Å²) in [5.41, 5.74) is 0.717. The minimum atomic E-state index is -0.785. The first-order valence-electron chi connectivity index (χ1n) is 7.01. The second-order valence-corrected chi connectivity index (χ2v) is 5.85. The van der Waals surface area contributed by atoms with E-state index in [2.05, 4.69) is 5.32 Å². The van der Waals surface area contributed by atoms with Gasteiger partial charge in [0.2, 0.25) is 0 Å². The molecule has 1 aromatic carbocycles. The van der Waals surface area contributed by atoms with Crippen molar-refractivity contribution in [1.82, 2.24) is 10.2 Å². The van der Waals surface area contributed by atoms with E-state index in [4.69, 9.17) is 16.3 Å². The van der Waals surface area contributed by atoms with E-state index in [-0.39, 0.29) is 5.91 Å². The van der Waals surface area contributed by atoms with E-state index in [1.54, 1.807) is 31.2 Å². The number of aliphatic hydroxyl groups excluding tert-OH is 1. The molecule has 0 bridgehead atoms. The van der Waals surface area contributed by atoms with E-state index >= 15 is 0 Å². The second kappa shape index (κ2) is 7.22. The molecule has 2 N–H and O–H groups in total. The van der Waals surface area contributed by atoms with E-state index in [9.17, 15) is 9.90 Å². The molecule has 0 saturated carbocycles. The molecule has 1 fully saturated rings. The summed E-state index contributed by atoms with van der Waals surface area (Å²) in [6, 6.07) is 6.53. The fourth-order valence-corrected chi connectivity index (χ4v) is 2.41. The number of hydrogen-bond donors (Lipinski definition) is 2. The molecule has 21 heavy (non-hydrogen) atoms. The van der Waals surface area contributed by atoms with Gasteiger partial charge in [-0.1, -0.05) is 23.7 Å². The largest absolute Gasteiger partial charge is 0.386 e. The maximum atomic E-state index is 12.1. The topological polar surface area (TPSA) is 61.8 Å². The maximum absolute atomic E-state index is 12.1. The van der Waals surface area contributed by atoms with Crippen molar-refractivity contribution in [1.29, 1.82) is 0 Å². The first-order valence-corrected chi connectivity index (χ1v) is 7.39. The predicted molar refractivity (Wildman–Crippen MR) is 81.3 cm³/mol. The summed E-state index contributed by atoms with van der Waals surface area (Å²) in [5.74, 6) is -0.193. The number of amides is 1. The number of ether oxygens (including phenoxy) is 1. The lowest BCUT2D eigenvalue weighted by Crippen LogP contribution is -2.51. The Kier molecular flexibility index (Phi) is 5.58. The van der Waals surface area contributed by atoms with Crippen molar-refractivity contribution in [2.45, 2.75) is 25.2 Å². The van der Waals surface area contributed by atoms with Crippen LogP contribution in [0, 0.1) is 0 Å². The number of likely N-dealkylation sites (N-methyl/N-ethyl adjacent to an activating group) is 1. The minimum Gasteiger partial charge on any atom is -0.386 e. The lowest BCUT2D eigenvalue weighted by molar-refractivity contribution is -0.139. The van der Waals surface area contributed by atoms with Crippen LogP contribution in [0.25, 0.3) is 0 Å². The molecule has 0 radical (unpaired) electrons. The highest BCUT2D eigenvalue weighted by molar-refractivity contribution is 6.30. The molecule has 1 saturated heterocycles. The third kappa shape index (κ3) is 4.41. The Hall–Kier alpha value is -1.14. The van der Waals surface area contributed by atoms with Crippen molar-refractivity contribution >= 4 is 17.5 Å². The van der Waals surface area contributed by atoms with Crippen molar-refractivity contribution in [2.75, 3.05) is 26.7 Å². The fraction of sp³-hybridized carbons (Fsp3) is 0.533. The highest BCUT2D eigenvalue weighted by Gasteiger charge is 2.27. The molecule has 2 rings (SSSR count). The van der Waals surface area contributed by atoms with Gasteiger partial charge < -0.3 is 20.1 Å². The fourth-order valence-electron chi connectivity index (χ4n) is 2.28. The molecule has 3 unspecified atom stereocenters. The summed E-state index contributed by atoms with van der Waals surface area (Å²) in [7, 11) is 1.95. The standard InChI is InChI=1S/C15H21ClN2O3/c1-10(14(19)11-3-5-12(16)6-4-11)17-15(20)13-9-18(2)7-8-21-13/h3-6,10,13-14,19H,7-9H2,1-2H3,(H,17,20). The average molecular weight is 313 g/mol. The molecule has 1 aliphatic heterocycles. The van der Waals surface area contributed by atoms with Gasteiger partial charge in [-0.05, 0) is 31.7 Å². The number of hydrogen-bond acceptors (Lipinski definition) is 4. The molecule has 0 spiro atoms. The molecule has 5 nitrogen and oxygen atoms in total. The normalized spacial score (nSPS) is 22.6. The van der Waals surface area contributed by atoms with E-state index in [0.29, 0.717) is 23.7 Å². The molecular formula is C15H21ClN2O3. The van der Waals surface area contributed by atoms with Crippen LogP contribution in [-0.4, -0.2) is 54.8 Å². The highest BCUT2D eigenvalue weighted by atomic mass is 35.5. The maximum Gasteiger partial charge on any atom is 0.250 e. The van der Waals surface area contributed by atoms with E-state index in [1.165, 1.54) is 0 Å². The Morgan fingerprint density at radius 3 is 2.76 bits per heavy atom. The zero-order chi connectivity index (χ0) is 15.4. The lowest BCUT2D eigenvalue weighted by Gasteiger charge is -2.30. The molecule has 0 aromatic heterocycles. The quantitative estimate of drug-likeness (QED) is 0.877. The van der Waals surface area contributed by atoms with E-state index in [0.717, 1.165) is 6.54 Å². The number of morpholine rings is 1. The Balaban J connectivity index is 1.92. The van der Waals surface area contributed by atoms with Gasteiger partial charge in [-0.15, -0.1) is 0 Å². The third-order valence-corrected chi connectivity index (χ3v) is 3.87. The number of carbonyl (C=O) groups is 1. The number of carbonyl (C=O) groups excluding carboxylic acids is 1.